The Balaban J connectivity index is 1.50. The SMILES string of the molecule is Cc1noc(C)c1CCNC(=O)c1cc2c(-c3cccs3)nn(-c3ccccc3)c2n1C. The third kappa shape index (κ3) is 3.42. The predicted molar refractivity (Wildman–Crippen MR) is 125 cm³/mol. The zero-order valence-corrected chi connectivity index (χ0v) is 18.9. The summed E-state index contributed by atoms with van der Waals surface area (Å²) in [5, 5.41) is 14.9. The second kappa shape index (κ2) is 8.12. The minimum Gasteiger partial charge on any atom is -0.361 e. The number of aromatic nitrogens is 4. The number of nitrogens with one attached hydrogen (secondary N) is 1. The number of carbonyl (C=O) groups is 1. The Morgan fingerprint density at radius 2 is 1.97 bits per heavy atom. The quantitative estimate of drug-likeness (QED) is 0.412. The molecular formula is C24H23N5O2S. The van der Waals surface area contributed by atoms with E-state index in [1.54, 1.807) is 11.3 Å². The van der Waals surface area contributed by atoms with Crippen molar-refractivity contribution >= 4 is 28.3 Å². The summed E-state index contributed by atoms with van der Waals surface area (Å²) in [4.78, 5) is 14.1. The summed E-state index contributed by atoms with van der Waals surface area (Å²) >= 11 is 1.64. The third-order valence-electron chi connectivity index (χ3n) is 5.69. The predicted octanol–water partition coefficient (Wildman–Crippen LogP) is 4.67. The molecule has 0 unspecified atom stereocenters. The number of nitrogens with zero attached hydrogens (tertiary/aromatic N) is 4. The molecule has 0 spiro atoms. The Morgan fingerprint density at radius 1 is 1.16 bits per heavy atom. The van der Waals surface area contributed by atoms with E-state index < -0.39 is 0 Å². The Hall–Kier alpha value is -3.65. The van der Waals surface area contributed by atoms with Gasteiger partial charge in [-0.25, -0.2) is 4.68 Å². The van der Waals surface area contributed by atoms with Crippen LogP contribution in [0.25, 0.3) is 27.3 Å². The van der Waals surface area contributed by atoms with Crippen LogP contribution >= 0.6 is 11.3 Å². The van der Waals surface area contributed by atoms with Gasteiger partial charge in [0.2, 0.25) is 0 Å². The topological polar surface area (TPSA) is 77.9 Å². The second-order valence-electron chi connectivity index (χ2n) is 7.71. The normalized spacial score (nSPS) is 11.3. The molecule has 0 saturated heterocycles. The largest absolute Gasteiger partial charge is 0.361 e. The average Bonchev–Trinajstić information content (AvgIpc) is 3.57. The number of benzene rings is 1. The first-order valence-corrected chi connectivity index (χ1v) is 11.3. The highest BCUT2D eigenvalue weighted by Crippen LogP contribution is 2.34. The standard InChI is InChI=1S/C24H23N5O2S/c1-15-18(16(2)31-27-15)11-12-25-23(30)20-14-19-22(21-10-7-13-32-21)26-29(24(19)28(20)3)17-8-5-4-6-9-17/h4-10,13-14H,11-12H2,1-3H3,(H,25,30). The molecule has 4 heterocycles. The molecule has 162 valence electrons. The maximum Gasteiger partial charge on any atom is 0.267 e. The van der Waals surface area contributed by atoms with Crippen LogP contribution in [0.4, 0.5) is 0 Å². The van der Waals surface area contributed by atoms with E-state index >= 15 is 0 Å². The lowest BCUT2D eigenvalue weighted by molar-refractivity contribution is 0.0946. The van der Waals surface area contributed by atoms with Gasteiger partial charge < -0.3 is 14.4 Å². The fourth-order valence-electron chi connectivity index (χ4n) is 4.04. The van der Waals surface area contributed by atoms with Crippen molar-refractivity contribution in [3.8, 4) is 16.3 Å². The molecule has 1 aromatic carbocycles. The molecule has 0 bridgehead atoms. The van der Waals surface area contributed by atoms with Crippen molar-refractivity contribution in [2.45, 2.75) is 20.3 Å². The van der Waals surface area contributed by atoms with Gasteiger partial charge in [0, 0.05) is 24.5 Å². The zero-order valence-electron chi connectivity index (χ0n) is 18.1. The number of aryl methyl sites for hydroxylation is 3. The number of rotatable bonds is 6. The minimum atomic E-state index is -0.118. The van der Waals surface area contributed by atoms with Crippen LogP contribution in [0, 0.1) is 13.8 Å². The van der Waals surface area contributed by atoms with Gasteiger partial charge in [-0.3, -0.25) is 4.79 Å². The molecule has 0 fully saturated rings. The Morgan fingerprint density at radius 3 is 2.66 bits per heavy atom. The molecule has 4 aromatic heterocycles. The van der Waals surface area contributed by atoms with Gasteiger partial charge in [0.15, 0.2) is 0 Å². The number of hydrogen-bond donors (Lipinski definition) is 1. The fourth-order valence-corrected chi connectivity index (χ4v) is 4.76. The molecule has 8 heteroatoms. The number of thiophene rings is 1. The van der Waals surface area contributed by atoms with E-state index in [9.17, 15) is 4.79 Å². The lowest BCUT2D eigenvalue weighted by atomic mass is 10.1. The van der Waals surface area contributed by atoms with Crippen molar-refractivity contribution in [3.63, 3.8) is 0 Å². The molecule has 1 amide bonds. The lowest BCUT2D eigenvalue weighted by Gasteiger charge is -2.08. The molecule has 5 rings (SSSR count). The minimum absolute atomic E-state index is 0.118. The summed E-state index contributed by atoms with van der Waals surface area (Å²) in [5.41, 5.74) is 5.22. The molecule has 0 radical (unpaired) electrons. The van der Waals surface area contributed by atoms with Gasteiger partial charge in [-0.05, 0) is 49.9 Å². The number of fused-ring (bicyclic) bond motifs is 1. The molecule has 7 nitrogen and oxygen atoms in total. The first-order chi connectivity index (χ1) is 15.5. The Kier molecular flexibility index (Phi) is 5.14. The van der Waals surface area contributed by atoms with Gasteiger partial charge in [-0.1, -0.05) is 29.4 Å². The Labute approximate surface area is 189 Å². The molecule has 5 aromatic rings. The summed E-state index contributed by atoms with van der Waals surface area (Å²) in [6.45, 7) is 4.31. The smallest absolute Gasteiger partial charge is 0.267 e. The average molecular weight is 446 g/mol. The molecule has 0 aliphatic rings. The van der Waals surface area contributed by atoms with E-state index in [1.807, 2.05) is 78.0 Å². The summed E-state index contributed by atoms with van der Waals surface area (Å²) < 4.78 is 9.04. The van der Waals surface area contributed by atoms with Crippen molar-refractivity contribution in [1.29, 1.82) is 0 Å². The van der Waals surface area contributed by atoms with E-state index in [1.165, 1.54) is 0 Å². The zero-order chi connectivity index (χ0) is 22.2. The van der Waals surface area contributed by atoms with Crippen molar-refractivity contribution < 1.29 is 9.32 Å². The first-order valence-electron chi connectivity index (χ1n) is 10.4. The fraction of sp³-hybridized carbons (Fsp3) is 0.208. The van der Waals surface area contributed by atoms with Gasteiger partial charge in [0.05, 0.1) is 16.3 Å². The number of hydrogen-bond acceptors (Lipinski definition) is 5. The van der Waals surface area contributed by atoms with Crippen LogP contribution < -0.4 is 5.32 Å². The van der Waals surface area contributed by atoms with E-state index in [-0.39, 0.29) is 5.91 Å². The lowest BCUT2D eigenvalue weighted by Crippen LogP contribution is -2.27. The van der Waals surface area contributed by atoms with E-state index in [0.29, 0.717) is 18.7 Å². The number of amides is 1. The number of para-hydroxylation sites is 1. The van der Waals surface area contributed by atoms with E-state index in [2.05, 4.69) is 16.5 Å². The van der Waals surface area contributed by atoms with Crippen molar-refractivity contribution in [3.05, 3.63) is 76.6 Å². The molecular weight excluding hydrogens is 422 g/mol. The second-order valence-corrected chi connectivity index (χ2v) is 8.66. The Bertz CT molecular complexity index is 1370. The van der Waals surface area contributed by atoms with E-state index in [0.717, 1.165) is 44.3 Å². The van der Waals surface area contributed by atoms with Crippen LogP contribution in [0.3, 0.4) is 0 Å². The third-order valence-corrected chi connectivity index (χ3v) is 6.56. The molecule has 0 aliphatic carbocycles. The van der Waals surface area contributed by atoms with Crippen LogP contribution in [0.15, 0.2) is 58.4 Å². The van der Waals surface area contributed by atoms with Crippen LogP contribution in [0.1, 0.15) is 27.5 Å². The van der Waals surface area contributed by atoms with Gasteiger partial charge in [0.1, 0.15) is 22.8 Å². The van der Waals surface area contributed by atoms with Crippen LogP contribution in [0.5, 0.6) is 0 Å². The maximum absolute atomic E-state index is 13.1. The van der Waals surface area contributed by atoms with Crippen LogP contribution in [0.2, 0.25) is 0 Å². The van der Waals surface area contributed by atoms with Crippen molar-refractivity contribution in [1.82, 2.24) is 24.8 Å². The maximum atomic E-state index is 13.1. The number of carbonyl (C=O) groups excluding carboxylic acids is 1. The highest BCUT2D eigenvalue weighted by molar-refractivity contribution is 7.13. The monoisotopic (exact) mass is 445 g/mol. The summed E-state index contributed by atoms with van der Waals surface area (Å²) in [6.07, 6.45) is 0.676. The molecule has 1 N–H and O–H groups in total. The van der Waals surface area contributed by atoms with Gasteiger partial charge >= 0.3 is 0 Å². The van der Waals surface area contributed by atoms with Gasteiger partial charge in [-0.2, -0.15) is 5.10 Å². The molecule has 32 heavy (non-hydrogen) atoms. The molecule has 0 atom stereocenters. The highest BCUT2D eigenvalue weighted by atomic mass is 32.1. The van der Waals surface area contributed by atoms with Crippen molar-refractivity contribution in [2.24, 2.45) is 7.05 Å². The van der Waals surface area contributed by atoms with Crippen LogP contribution in [-0.2, 0) is 13.5 Å². The molecule has 0 aliphatic heterocycles. The summed E-state index contributed by atoms with van der Waals surface area (Å²) in [6, 6.07) is 16.0. The molecule has 0 saturated carbocycles. The van der Waals surface area contributed by atoms with Crippen LogP contribution in [-0.4, -0.2) is 32.0 Å². The summed E-state index contributed by atoms with van der Waals surface area (Å²) in [5.74, 6) is 0.678. The van der Waals surface area contributed by atoms with Gasteiger partial charge in [-0.15, -0.1) is 11.3 Å². The van der Waals surface area contributed by atoms with E-state index in [4.69, 9.17) is 9.62 Å². The first kappa shape index (κ1) is 20.3. The highest BCUT2D eigenvalue weighted by Gasteiger charge is 2.22. The van der Waals surface area contributed by atoms with Gasteiger partial charge in [0.25, 0.3) is 5.91 Å². The van der Waals surface area contributed by atoms with Crippen molar-refractivity contribution in [2.75, 3.05) is 6.54 Å². The summed E-state index contributed by atoms with van der Waals surface area (Å²) in [7, 11) is 1.91.